The lowest BCUT2D eigenvalue weighted by Gasteiger charge is -2.10. The van der Waals surface area contributed by atoms with Gasteiger partial charge in [0.25, 0.3) is 5.91 Å². The highest BCUT2D eigenvalue weighted by molar-refractivity contribution is 7.11. The number of halogens is 3. The molecule has 0 saturated heterocycles. The summed E-state index contributed by atoms with van der Waals surface area (Å²) in [5.41, 5.74) is 5.44. The van der Waals surface area contributed by atoms with Crippen molar-refractivity contribution in [2.75, 3.05) is 12.4 Å². The van der Waals surface area contributed by atoms with Crippen LogP contribution in [-0.2, 0) is 11.0 Å². The van der Waals surface area contributed by atoms with E-state index in [9.17, 15) is 18.0 Å². The summed E-state index contributed by atoms with van der Waals surface area (Å²) in [4.78, 5) is 16.8. The number of hydrogen-bond donors (Lipinski definition) is 2. The standard InChI is InChI=1S/C16H14F3N3OS/c1-21-13(9-12(20)14-6-3-7-24-14)15(23)22-11-5-2-4-10(8-11)16(17,18)19/h2-9H,20H2,1H3,(H,22,23). The van der Waals surface area contributed by atoms with Gasteiger partial charge in [0, 0.05) is 12.7 Å². The number of anilines is 1. The van der Waals surface area contributed by atoms with Gasteiger partial charge in [-0.25, -0.2) is 0 Å². The molecule has 3 N–H and O–H groups in total. The monoisotopic (exact) mass is 353 g/mol. The van der Waals surface area contributed by atoms with Gasteiger partial charge in [0.15, 0.2) is 0 Å². The van der Waals surface area contributed by atoms with Gasteiger partial charge < -0.3 is 11.1 Å². The van der Waals surface area contributed by atoms with Crippen LogP contribution < -0.4 is 11.1 Å². The van der Waals surface area contributed by atoms with Crippen LogP contribution in [0.4, 0.5) is 18.9 Å². The van der Waals surface area contributed by atoms with Crippen molar-refractivity contribution in [3.63, 3.8) is 0 Å². The fraction of sp³-hybridized carbons (Fsp3) is 0.125. The molecule has 0 spiro atoms. The molecule has 0 saturated carbocycles. The zero-order valence-corrected chi connectivity index (χ0v) is 13.4. The molecule has 0 aliphatic carbocycles. The van der Waals surface area contributed by atoms with Gasteiger partial charge >= 0.3 is 6.18 Å². The number of nitrogens with zero attached hydrogens (tertiary/aromatic N) is 1. The van der Waals surface area contributed by atoms with Crippen molar-refractivity contribution >= 4 is 34.3 Å². The van der Waals surface area contributed by atoms with Crippen LogP contribution >= 0.6 is 11.3 Å². The zero-order chi connectivity index (χ0) is 17.7. The summed E-state index contributed by atoms with van der Waals surface area (Å²) in [6.07, 6.45) is -3.10. The van der Waals surface area contributed by atoms with Crippen LogP contribution in [0.2, 0.25) is 0 Å². The Morgan fingerprint density at radius 1 is 1.29 bits per heavy atom. The van der Waals surface area contributed by atoms with Gasteiger partial charge in [-0.3, -0.25) is 9.79 Å². The number of amides is 1. The van der Waals surface area contributed by atoms with E-state index in [1.807, 2.05) is 11.4 Å². The summed E-state index contributed by atoms with van der Waals surface area (Å²) < 4.78 is 38.1. The molecule has 1 heterocycles. The third kappa shape index (κ3) is 4.45. The SMILES string of the molecule is CN=C(C=C(N)c1cccs1)C(=O)Nc1cccc(C(F)(F)F)c1. The number of carbonyl (C=O) groups is 1. The highest BCUT2D eigenvalue weighted by Gasteiger charge is 2.30. The zero-order valence-electron chi connectivity index (χ0n) is 12.6. The van der Waals surface area contributed by atoms with Crippen LogP contribution in [0, 0.1) is 0 Å². The second kappa shape index (κ2) is 7.31. The average molecular weight is 353 g/mol. The lowest BCUT2D eigenvalue weighted by Crippen LogP contribution is -2.22. The number of nitrogens with one attached hydrogen (secondary N) is 1. The third-order valence-corrected chi connectivity index (χ3v) is 3.94. The lowest BCUT2D eigenvalue weighted by atomic mass is 10.2. The van der Waals surface area contributed by atoms with Crippen LogP contribution in [0.5, 0.6) is 0 Å². The minimum absolute atomic E-state index is 0.0123. The molecule has 1 aromatic carbocycles. The minimum Gasteiger partial charge on any atom is -0.398 e. The number of thiophene rings is 1. The molecule has 4 nitrogen and oxygen atoms in total. The highest BCUT2D eigenvalue weighted by atomic mass is 32.1. The van der Waals surface area contributed by atoms with Crippen LogP contribution in [0.15, 0.2) is 52.8 Å². The minimum atomic E-state index is -4.48. The van der Waals surface area contributed by atoms with Crippen molar-refractivity contribution in [2.24, 2.45) is 10.7 Å². The maximum Gasteiger partial charge on any atom is 0.416 e. The quantitative estimate of drug-likeness (QED) is 0.822. The van der Waals surface area contributed by atoms with Crippen LogP contribution in [0.3, 0.4) is 0 Å². The normalized spacial score (nSPS) is 13.0. The first kappa shape index (κ1) is 17.7. The average Bonchev–Trinajstić information content (AvgIpc) is 3.06. The maximum atomic E-state index is 12.7. The second-order valence-electron chi connectivity index (χ2n) is 4.72. The summed E-state index contributed by atoms with van der Waals surface area (Å²) in [6, 6.07) is 7.97. The van der Waals surface area contributed by atoms with Gasteiger partial charge in [-0.05, 0) is 35.7 Å². The topological polar surface area (TPSA) is 67.5 Å². The number of alkyl halides is 3. The Labute approximate surface area is 140 Å². The molecular formula is C16H14F3N3OS. The number of carbonyl (C=O) groups excluding carboxylic acids is 1. The molecule has 0 bridgehead atoms. The predicted octanol–water partition coefficient (Wildman–Crippen LogP) is 3.78. The van der Waals surface area contributed by atoms with Crippen molar-refractivity contribution in [2.45, 2.75) is 6.18 Å². The first-order valence-corrected chi connectivity index (χ1v) is 7.65. The van der Waals surface area contributed by atoms with Crippen molar-refractivity contribution in [3.8, 4) is 0 Å². The molecule has 1 amide bonds. The Morgan fingerprint density at radius 3 is 2.62 bits per heavy atom. The van der Waals surface area contributed by atoms with E-state index in [1.165, 1.54) is 36.6 Å². The summed E-state index contributed by atoms with van der Waals surface area (Å²) in [5.74, 6) is -0.642. The first-order valence-electron chi connectivity index (χ1n) is 6.77. The molecule has 8 heteroatoms. The van der Waals surface area contributed by atoms with Gasteiger partial charge in [-0.2, -0.15) is 13.2 Å². The molecular weight excluding hydrogens is 339 g/mol. The Balaban J connectivity index is 2.18. The first-order chi connectivity index (χ1) is 11.3. The molecule has 0 radical (unpaired) electrons. The van der Waals surface area contributed by atoms with E-state index < -0.39 is 17.6 Å². The summed E-state index contributed by atoms with van der Waals surface area (Å²) in [7, 11) is 1.40. The van der Waals surface area contributed by atoms with Gasteiger partial charge in [-0.1, -0.05) is 12.1 Å². The maximum absolute atomic E-state index is 12.7. The summed E-state index contributed by atoms with van der Waals surface area (Å²) >= 11 is 1.40. The number of aliphatic imine (C=N–C) groups is 1. The molecule has 0 atom stereocenters. The third-order valence-electron chi connectivity index (χ3n) is 3.02. The van der Waals surface area contributed by atoms with Crippen LogP contribution in [-0.4, -0.2) is 18.7 Å². The van der Waals surface area contributed by atoms with Crippen molar-refractivity contribution in [3.05, 3.63) is 58.3 Å². The number of nitrogens with two attached hydrogens (primary N) is 1. The van der Waals surface area contributed by atoms with Gasteiger partial charge in [0.05, 0.1) is 16.1 Å². The van der Waals surface area contributed by atoms with E-state index >= 15 is 0 Å². The Bertz CT molecular complexity index is 780. The fourth-order valence-electron chi connectivity index (χ4n) is 1.86. The van der Waals surface area contributed by atoms with E-state index in [0.717, 1.165) is 17.0 Å². The van der Waals surface area contributed by atoms with Crippen molar-refractivity contribution in [1.82, 2.24) is 0 Å². The summed E-state index contributed by atoms with van der Waals surface area (Å²) in [5, 5.41) is 4.22. The molecule has 0 aliphatic rings. The highest BCUT2D eigenvalue weighted by Crippen LogP contribution is 2.30. The van der Waals surface area contributed by atoms with Gasteiger partial charge in [-0.15, -0.1) is 11.3 Å². The smallest absolute Gasteiger partial charge is 0.398 e. The van der Waals surface area contributed by atoms with Crippen molar-refractivity contribution < 1.29 is 18.0 Å². The number of hydrogen-bond acceptors (Lipinski definition) is 4. The second-order valence-corrected chi connectivity index (χ2v) is 5.67. The van der Waals surface area contributed by atoms with Crippen molar-refractivity contribution in [1.29, 1.82) is 0 Å². The van der Waals surface area contributed by atoms with E-state index in [-0.39, 0.29) is 11.4 Å². The van der Waals surface area contributed by atoms with E-state index in [0.29, 0.717) is 5.70 Å². The molecule has 0 aliphatic heterocycles. The molecule has 126 valence electrons. The Morgan fingerprint density at radius 2 is 2.04 bits per heavy atom. The Hall–Kier alpha value is -2.61. The lowest BCUT2D eigenvalue weighted by molar-refractivity contribution is -0.137. The van der Waals surface area contributed by atoms with E-state index in [2.05, 4.69) is 10.3 Å². The van der Waals surface area contributed by atoms with Gasteiger partial charge in [0.1, 0.15) is 5.71 Å². The van der Waals surface area contributed by atoms with E-state index in [4.69, 9.17) is 5.73 Å². The largest absolute Gasteiger partial charge is 0.416 e. The molecule has 1 aromatic heterocycles. The molecule has 2 rings (SSSR count). The van der Waals surface area contributed by atoms with Crippen LogP contribution in [0.25, 0.3) is 5.70 Å². The summed E-state index contributed by atoms with van der Waals surface area (Å²) in [6.45, 7) is 0. The number of rotatable bonds is 4. The van der Waals surface area contributed by atoms with E-state index in [1.54, 1.807) is 6.07 Å². The van der Waals surface area contributed by atoms with Gasteiger partial charge in [0.2, 0.25) is 0 Å². The fourth-order valence-corrected chi connectivity index (χ4v) is 2.52. The number of benzene rings is 1. The molecule has 0 fully saturated rings. The molecule has 24 heavy (non-hydrogen) atoms. The Kier molecular flexibility index (Phi) is 5.40. The molecule has 2 aromatic rings. The molecule has 0 unspecified atom stereocenters. The predicted molar refractivity (Wildman–Crippen MR) is 89.9 cm³/mol. The van der Waals surface area contributed by atoms with Crippen LogP contribution in [0.1, 0.15) is 10.4 Å².